The van der Waals surface area contributed by atoms with Crippen molar-refractivity contribution < 1.29 is 29.0 Å². The maximum Gasteiger partial charge on any atom is 0.305 e. The molecule has 22 heavy (non-hydrogen) atoms. The van der Waals surface area contributed by atoms with E-state index >= 15 is 0 Å². The summed E-state index contributed by atoms with van der Waals surface area (Å²) in [5, 5.41) is 18.7. The van der Waals surface area contributed by atoms with Gasteiger partial charge >= 0.3 is 5.97 Å². The third-order valence-corrected chi connectivity index (χ3v) is 3.41. The van der Waals surface area contributed by atoms with Gasteiger partial charge in [0.25, 0.3) is 5.91 Å². The molecule has 7 heteroatoms. The highest BCUT2D eigenvalue weighted by Crippen LogP contribution is 2.37. The molecule has 1 aromatic carbocycles. The second kappa shape index (κ2) is 5.97. The highest BCUT2D eigenvalue weighted by molar-refractivity contribution is 6.08. The summed E-state index contributed by atoms with van der Waals surface area (Å²) >= 11 is 0. The Morgan fingerprint density at radius 2 is 2.05 bits per heavy atom. The van der Waals surface area contributed by atoms with Crippen LogP contribution < -0.4 is 0 Å². The molecule has 116 valence electrons. The number of hydrogen-bond acceptors (Lipinski definition) is 4. The van der Waals surface area contributed by atoms with Gasteiger partial charge in [-0.3, -0.25) is 14.4 Å². The summed E-state index contributed by atoms with van der Waals surface area (Å²) < 4.78 is 13.4. The van der Waals surface area contributed by atoms with Gasteiger partial charge in [0.05, 0.1) is 18.0 Å². The van der Waals surface area contributed by atoms with Crippen LogP contribution in [0.2, 0.25) is 0 Å². The van der Waals surface area contributed by atoms with Gasteiger partial charge in [-0.15, -0.1) is 0 Å². The third-order valence-electron chi connectivity index (χ3n) is 3.41. The van der Waals surface area contributed by atoms with Gasteiger partial charge in [-0.05, 0) is 24.6 Å². The van der Waals surface area contributed by atoms with Crippen molar-refractivity contribution in [3.8, 4) is 0 Å². The van der Waals surface area contributed by atoms with E-state index in [1.165, 1.54) is 25.1 Å². The van der Waals surface area contributed by atoms with Crippen molar-refractivity contribution in [3.05, 3.63) is 47.0 Å². The fraction of sp³-hybridized carbons (Fsp3) is 0.267. The van der Waals surface area contributed by atoms with Crippen molar-refractivity contribution in [2.75, 3.05) is 6.54 Å². The maximum absolute atomic E-state index is 13.4. The van der Waals surface area contributed by atoms with Crippen molar-refractivity contribution in [2.45, 2.75) is 19.4 Å². The van der Waals surface area contributed by atoms with Crippen LogP contribution in [0, 0.1) is 5.82 Å². The first kappa shape index (κ1) is 15.7. The smallest absolute Gasteiger partial charge is 0.305 e. The Morgan fingerprint density at radius 3 is 2.59 bits per heavy atom. The number of carboxylic acids is 1. The van der Waals surface area contributed by atoms with E-state index < -0.39 is 35.3 Å². The molecule has 1 aliphatic rings. The van der Waals surface area contributed by atoms with E-state index in [4.69, 9.17) is 5.11 Å². The molecule has 0 spiro atoms. The van der Waals surface area contributed by atoms with E-state index in [1.54, 1.807) is 0 Å². The van der Waals surface area contributed by atoms with Gasteiger partial charge in [0.15, 0.2) is 11.5 Å². The number of carbonyl (C=O) groups is 3. The van der Waals surface area contributed by atoms with E-state index in [-0.39, 0.29) is 18.5 Å². The molecule has 0 aliphatic carbocycles. The van der Waals surface area contributed by atoms with Crippen molar-refractivity contribution in [2.24, 2.45) is 0 Å². The molecule has 0 radical (unpaired) electrons. The Kier molecular flexibility index (Phi) is 4.25. The number of Topliss-reactive ketones (excluding diaryl/α,β-unsaturated/α-hetero) is 1. The lowest BCUT2D eigenvalue weighted by Crippen LogP contribution is -2.33. The van der Waals surface area contributed by atoms with Crippen molar-refractivity contribution in [3.63, 3.8) is 0 Å². The molecular formula is C15H14FNO5. The molecule has 1 amide bonds. The summed E-state index contributed by atoms with van der Waals surface area (Å²) in [7, 11) is 0. The van der Waals surface area contributed by atoms with Crippen LogP contribution in [-0.2, 0) is 14.4 Å². The number of rotatable bonds is 5. The lowest BCUT2D eigenvalue weighted by atomic mass is 9.96. The number of aliphatic hydroxyl groups is 1. The van der Waals surface area contributed by atoms with Crippen molar-refractivity contribution >= 4 is 17.7 Å². The van der Waals surface area contributed by atoms with Gasteiger partial charge in [-0.25, -0.2) is 4.39 Å². The Bertz CT molecular complexity index is 682. The molecule has 0 aromatic heterocycles. The Labute approximate surface area is 125 Å². The van der Waals surface area contributed by atoms with Crippen LogP contribution in [0.5, 0.6) is 0 Å². The van der Waals surface area contributed by atoms with Gasteiger partial charge in [0.2, 0.25) is 0 Å². The minimum Gasteiger partial charge on any atom is -0.503 e. The highest BCUT2D eigenvalue weighted by Gasteiger charge is 2.42. The summed E-state index contributed by atoms with van der Waals surface area (Å²) in [4.78, 5) is 35.6. The van der Waals surface area contributed by atoms with Crippen LogP contribution in [0.3, 0.4) is 0 Å². The summed E-state index contributed by atoms with van der Waals surface area (Å²) in [5.74, 6) is -3.76. The molecular weight excluding hydrogens is 293 g/mol. The number of hydrogen-bond donors (Lipinski definition) is 2. The normalized spacial score (nSPS) is 18.0. The number of carboxylic acid groups (broad SMARTS) is 1. The zero-order valence-corrected chi connectivity index (χ0v) is 11.7. The van der Waals surface area contributed by atoms with Gasteiger partial charge < -0.3 is 15.1 Å². The van der Waals surface area contributed by atoms with E-state index in [9.17, 15) is 23.9 Å². The first-order valence-corrected chi connectivity index (χ1v) is 6.55. The van der Waals surface area contributed by atoms with Crippen LogP contribution >= 0.6 is 0 Å². The number of benzene rings is 1. The number of aliphatic hydroxyl groups excluding tert-OH is 1. The fourth-order valence-corrected chi connectivity index (χ4v) is 2.48. The average molecular weight is 307 g/mol. The predicted octanol–water partition coefficient (Wildman–Crippen LogP) is 1.58. The number of ketones is 1. The third kappa shape index (κ3) is 2.83. The van der Waals surface area contributed by atoms with Crippen LogP contribution in [-0.4, -0.2) is 39.3 Å². The van der Waals surface area contributed by atoms with Crippen LogP contribution in [0.15, 0.2) is 35.6 Å². The first-order valence-electron chi connectivity index (χ1n) is 6.55. The molecule has 0 saturated heterocycles. The average Bonchev–Trinajstić information content (AvgIpc) is 2.69. The number of halogens is 1. The van der Waals surface area contributed by atoms with E-state index in [1.807, 2.05) is 0 Å². The van der Waals surface area contributed by atoms with Crippen LogP contribution in [0.4, 0.5) is 4.39 Å². The number of carbonyl (C=O) groups excluding carboxylic acids is 2. The molecule has 1 atom stereocenters. The summed E-state index contributed by atoms with van der Waals surface area (Å²) in [5.41, 5.74) is 0.147. The molecule has 0 bridgehead atoms. The van der Waals surface area contributed by atoms with Crippen molar-refractivity contribution in [1.29, 1.82) is 0 Å². The fourth-order valence-electron chi connectivity index (χ4n) is 2.48. The predicted molar refractivity (Wildman–Crippen MR) is 73.4 cm³/mol. The molecule has 0 unspecified atom stereocenters. The van der Waals surface area contributed by atoms with Crippen molar-refractivity contribution in [1.82, 2.24) is 4.90 Å². The molecule has 2 N–H and O–H groups in total. The van der Waals surface area contributed by atoms with E-state index in [0.717, 1.165) is 11.0 Å². The molecule has 6 nitrogen and oxygen atoms in total. The van der Waals surface area contributed by atoms with Crippen LogP contribution in [0.25, 0.3) is 0 Å². The molecule has 1 aliphatic heterocycles. The van der Waals surface area contributed by atoms with Gasteiger partial charge in [-0.2, -0.15) is 0 Å². The lowest BCUT2D eigenvalue weighted by molar-refractivity contribution is -0.138. The van der Waals surface area contributed by atoms with Gasteiger partial charge in [0.1, 0.15) is 5.82 Å². The number of nitrogens with zero attached hydrogens (tertiary/aromatic N) is 1. The highest BCUT2D eigenvalue weighted by atomic mass is 19.1. The van der Waals surface area contributed by atoms with Gasteiger partial charge in [-0.1, -0.05) is 12.1 Å². The first-order chi connectivity index (χ1) is 10.3. The maximum atomic E-state index is 13.4. The second-order valence-electron chi connectivity index (χ2n) is 4.92. The largest absolute Gasteiger partial charge is 0.503 e. The Hall–Kier alpha value is -2.70. The summed E-state index contributed by atoms with van der Waals surface area (Å²) in [6.07, 6.45) is -0.351. The molecule has 2 rings (SSSR count). The molecule has 1 aromatic rings. The Morgan fingerprint density at radius 1 is 1.36 bits per heavy atom. The topological polar surface area (TPSA) is 94.9 Å². The molecule has 0 fully saturated rings. The number of amides is 1. The Balaban J connectivity index is 2.48. The quantitative estimate of drug-likeness (QED) is 0.861. The zero-order chi connectivity index (χ0) is 16.4. The van der Waals surface area contributed by atoms with Gasteiger partial charge in [0, 0.05) is 6.54 Å². The SMILES string of the molecule is CC(=O)C1=C(O)C(=O)N(CCC(=O)O)[C@@H]1c1cccc(F)c1. The minimum atomic E-state index is -1.12. The van der Waals surface area contributed by atoms with E-state index in [2.05, 4.69) is 0 Å². The molecule has 1 heterocycles. The monoisotopic (exact) mass is 307 g/mol. The summed E-state index contributed by atoms with van der Waals surface area (Å²) in [6, 6.07) is 4.29. The zero-order valence-electron chi connectivity index (χ0n) is 11.7. The standard InChI is InChI=1S/C15H14FNO5/c1-8(18)12-13(9-3-2-4-10(16)7-9)17(6-5-11(19)20)15(22)14(12)21/h2-4,7,13,21H,5-6H2,1H3,(H,19,20)/t13-/m1/s1. The lowest BCUT2D eigenvalue weighted by Gasteiger charge is -2.26. The summed E-state index contributed by atoms with van der Waals surface area (Å²) in [6.45, 7) is 0.988. The second-order valence-corrected chi connectivity index (χ2v) is 4.92. The molecule has 0 saturated carbocycles. The number of aliphatic carboxylic acids is 1. The minimum absolute atomic E-state index is 0.152. The van der Waals surface area contributed by atoms with E-state index in [0.29, 0.717) is 5.56 Å². The van der Waals surface area contributed by atoms with Crippen LogP contribution in [0.1, 0.15) is 24.9 Å².